The van der Waals surface area contributed by atoms with Crippen LogP contribution in [-0.2, 0) is 11.2 Å². The maximum atomic E-state index is 10.6. The molecule has 1 aromatic heterocycles. The second kappa shape index (κ2) is 11.9. The van der Waals surface area contributed by atoms with E-state index in [4.69, 9.17) is 16.2 Å². The zero-order valence-corrected chi connectivity index (χ0v) is 18.4. The average molecular weight is 463 g/mol. The second-order valence-corrected chi connectivity index (χ2v) is 7.45. The quantitative estimate of drug-likeness (QED) is 0.177. The molecule has 0 spiro atoms. The van der Waals surface area contributed by atoms with Gasteiger partial charge in [-0.1, -0.05) is 73.9 Å². The minimum Gasteiger partial charge on any atom is -0.477 e. The third-order valence-corrected chi connectivity index (χ3v) is 5.04. The fraction of sp³-hybridized carbons (Fsp3) is 0.0417. The highest BCUT2D eigenvalue weighted by Gasteiger charge is 2.16. The number of nitrogens with one attached hydrogen (secondary N) is 1. The highest BCUT2D eigenvalue weighted by atomic mass is 32.1. The second-order valence-electron chi connectivity index (χ2n) is 6.56. The number of allylic oxidation sites excluding steroid dienone is 4. The van der Waals surface area contributed by atoms with Gasteiger partial charge in [-0.3, -0.25) is 15.5 Å². The number of nitro groups is 1. The molecular formula is C24H22N4O4S. The van der Waals surface area contributed by atoms with E-state index in [-0.39, 0.29) is 17.7 Å². The van der Waals surface area contributed by atoms with Crippen LogP contribution >= 0.6 is 11.3 Å². The molecule has 1 heterocycles. The summed E-state index contributed by atoms with van der Waals surface area (Å²) in [6.07, 6.45) is 5.26. The molecule has 2 aromatic carbocycles. The average Bonchev–Trinajstić information content (AvgIpc) is 3.24. The van der Waals surface area contributed by atoms with Crippen LogP contribution in [-0.4, -0.2) is 26.7 Å². The van der Waals surface area contributed by atoms with Gasteiger partial charge in [0.1, 0.15) is 5.71 Å². The van der Waals surface area contributed by atoms with Crippen LogP contribution in [0.5, 0.6) is 0 Å². The van der Waals surface area contributed by atoms with Gasteiger partial charge >= 0.3 is 5.97 Å². The lowest BCUT2D eigenvalue weighted by Gasteiger charge is -2.03. The number of nitrogens with zero attached hydrogens (tertiary/aromatic N) is 2. The summed E-state index contributed by atoms with van der Waals surface area (Å²) in [6.45, 7) is 7.49. The van der Waals surface area contributed by atoms with Gasteiger partial charge in [0, 0.05) is 29.0 Å². The molecule has 0 aliphatic carbocycles. The Labute approximate surface area is 194 Å². The maximum Gasteiger partial charge on any atom is 0.349 e. The number of hydrogen-bond acceptors (Lipinski definition) is 7. The number of carboxylic acid groups (broad SMARTS) is 1. The van der Waals surface area contributed by atoms with Crippen molar-refractivity contribution in [3.05, 3.63) is 107 Å². The van der Waals surface area contributed by atoms with E-state index in [1.807, 2.05) is 41.8 Å². The molecular weight excluding hydrogens is 440 g/mol. The van der Waals surface area contributed by atoms with Gasteiger partial charge in [0.25, 0.3) is 5.69 Å². The van der Waals surface area contributed by atoms with Crippen LogP contribution < -0.4 is 5.73 Å². The molecule has 0 amide bonds. The number of para-hydroxylation sites is 1. The molecule has 0 aliphatic rings. The van der Waals surface area contributed by atoms with E-state index in [1.54, 1.807) is 12.1 Å². The van der Waals surface area contributed by atoms with E-state index >= 15 is 0 Å². The summed E-state index contributed by atoms with van der Waals surface area (Å²) in [4.78, 5) is 24.6. The summed E-state index contributed by atoms with van der Waals surface area (Å²) in [5, 5.41) is 28.7. The first-order valence-corrected chi connectivity index (χ1v) is 10.4. The van der Waals surface area contributed by atoms with Crippen molar-refractivity contribution in [2.24, 2.45) is 0 Å². The maximum absolute atomic E-state index is 10.6. The van der Waals surface area contributed by atoms with Crippen molar-refractivity contribution in [3.63, 3.8) is 0 Å². The van der Waals surface area contributed by atoms with Crippen molar-refractivity contribution < 1.29 is 14.8 Å². The van der Waals surface area contributed by atoms with Gasteiger partial charge in [0.15, 0.2) is 5.13 Å². The third kappa shape index (κ3) is 7.08. The molecule has 3 aromatic rings. The number of nitro benzene ring substituents is 1. The van der Waals surface area contributed by atoms with Crippen LogP contribution in [0.25, 0.3) is 16.8 Å². The third-order valence-electron chi connectivity index (χ3n) is 4.37. The summed E-state index contributed by atoms with van der Waals surface area (Å²) in [6, 6.07) is 13.9. The van der Waals surface area contributed by atoms with Gasteiger partial charge in [-0.15, -0.1) is 11.3 Å². The van der Waals surface area contributed by atoms with Gasteiger partial charge in [-0.25, -0.2) is 9.78 Å². The van der Waals surface area contributed by atoms with Crippen LogP contribution in [0.1, 0.15) is 11.1 Å². The standard InChI is InChI=1S/C15H14N2S.C9H8N2O4/c1-3-5-11(4-2)12-6-8-13(9-7-12)14-10-18-15(16)17-14;10-7(9(12)13)5-6-3-1-2-4-8(6)11(14)15/h3-10H,1-2H2,(H2,16,17);1-4,10H,5H2,(H,12,13)/b11-5+;. The first-order valence-electron chi connectivity index (χ1n) is 9.56. The fourth-order valence-corrected chi connectivity index (χ4v) is 3.34. The summed E-state index contributed by atoms with van der Waals surface area (Å²) >= 11 is 1.45. The van der Waals surface area contributed by atoms with Crippen molar-refractivity contribution in [2.75, 3.05) is 5.73 Å². The monoisotopic (exact) mass is 462 g/mol. The molecule has 9 heteroatoms. The van der Waals surface area contributed by atoms with Crippen LogP contribution in [0.3, 0.4) is 0 Å². The Morgan fingerprint density at radius 3 is 2.39 bits per heavy atom. The van der Waals surface area contributed by atoms with Crippen LogP contribution in [0.15, 0.2) is 85.3 Å². The van der Waals surface area contributed by atoms with E-state index in [0.29, 0.717) is 5.13 Å². The first-order chi connectivity index (χ1) is 15.8. The molecule has 168 valence electrons. The van der Waals surface area contributed by atoms with Crippen LogP contribution in [0, 0.1) is 15.5 Å². The normalized spacial score (nSPS) is 10.5. The Hall–Kier alpha value is -4.37. The van der Waals surface area contributed by atoms with E-state index in [2.05, 4.69) is 18.1 Å². The van der Waals surface area contributed by atoms with Gasteiger partial charge < -0.3 is 10.8 Å². The van der Waals surface area contributed by atoms with E-state index < -0.39 is 16.6 Å². The number of aromatic nitrogens is 1. The number of carbonyl (C=O) groups is 1. The van der Waals surface area contributed by atoms with E-state index in [1.165, 1.54) is 29.5 Å². The van der Waals surface area contributed by atoms with Crippen molar-refractivity contribution in [1.82, 2.24) is 4.98 Å². The van der Waals surface area contributed by atoms with Crippen molar-refractivity contribution in [2.45, 2.75) is 6.42 Å². The molecule has 0 saturated heterocycles. The summed E-state index contributed by atoms with van der Waals surface area (Å²) in [7, 11) is 0. The van der Waals surface area contributed by atoms with Crippen molar-refractivity contribution >= 4 is 39.4 Å². The summed E-state index contributed by atoms with van der Waals surface area (Å²) < 4.78 is 0. The zero-order valence-electron chi connectivity index (χ0n) is 17.6. The van der Waals surface area contributed by atoms with Crippen LogP contribution in [0.2, 0.25) is 0 Å². The minimum atomic E-state index is -1.37. The first kappa shape index (κ1) is 24.9. The Bertz CT molecular complexity index is 1210. The molecule has 33 heavy (non-hydrogen) atoms. The molecule has 0 saturated carbocycles. The molecule has 0 fully saturated rings. The van der Waals surface area contributed by atoms with Crippen LogP contribution in [0.4, 0.5) is 10.8 Å². The number of rotatable bonds is 8. The van der Waals surface area contributed by atoms with Crippen molar-refractivity contribution in [1.29, 1.82) is 5.41 Å². The van der Waals surface area contributed by atoms with E-state index in [9.17, 15) is 14.9 Å². The number of nitrogen functional groups attached to an aromatic ring is 1. The molecule has 0 atom stereocenters. The Kier molecular flexibility index (Phi) is 8.95. The number of carboxylic acids is 1. The summed E-state index contributed by atoms with van der Waals surface area (Å²) in [5.41, 5.74) is 9.27. The molecule has 0 bridgehead atoms. The number of anilines is 1. The smallest absolute Gasteiger partial charge is 0.349 e. The lowest BCUT2D eigenvalue weighted by atomic mass is 10.0. The largest absolute Gasteiger partial charge is 0.477 e. The summed E-state index contributed by atoms with van der Waals surface area (Å²) in [5.74, 6) is -1.37. The highest BCUT2D eigenvalue weighted by Crippen LogP contribution is 2.25. The van der Waals surface area contributed by atoms with Crippen molar-refractivity contribution in [3.8, 4) is 11.3 Å². The number of nitrogens with two attached hydrogens (primary N) is 1. The SMILES string of the molecule is C=C/C=C(\C=C)c1ccc(-c2csc(N)n2)cc1.N=C(Cc1ccccc1[N+](=O)[O-])C(=O)O. The van der Waals surface area contributed by atoms with E-state index in [0.717, 1.165) is 22.4 Å². The molecule has 4 N–H and O–H groups in total. The Morgan fingerprint density at radius 1 is 1.21 bits per heavy atom. The lowest BCUT2D eigenvalue weighted by molar-refractivity contribution is -0.385. The highest BCUT2D eigenvalue weighted by molar-refractivity contribution is 7.13. The number of hydrogen-bond donors (Lipinski definition) is 3. The topological polar surface area (TPSA) is 143 Å². The van der Waals surface area contributed by atoms with Gasteiger partial charge in [0.2, 0.25) is 0 Å². The zero-order chi connectivity index (χ0) is 24.4. The molecule has 3 rings (SSSR count). The Balaban J connectivity index is 0.000000238. The number of benzene rings is 2. The number of thiazole rings is 1. The lowest BCUT2D eigenvalue weighted by Crippen LogP contribution is -2.14. The minimum absolute atomic E-state index is 0.163. The molecule has 0 unspecified atom stereocenters. The molecule has 0 radical (unpaired) electrons. The molecule has 0 aliphatic heterocycles. The van der Waals surface area contributed by atoms with Gasteiger partial charge in [-0.05, 0) is 11.1 Å². The fourth-order valence-electron chi connectivity index (χ4n) is 2.77. The van der Waals surface area contributed by atoms with Gasteiger partial charge in [0.05, 0.1) is 10.6 Å². The number of aliphatic carboxylic acids is 1. The molecule has 8 nitrogen and oxygen atoms in total. The Morgan fingerprint density at radius 2 is 1.88 bits per heavy atom. The predicted octanol–water partition coefficient (Wildman–Crippen LogP) is 5.39. The predicted molar refractivity (Wildman–Crippen MR) is 132 cm³/mol. The van der Waals surface area contributed by atoms with Gasteiger partial charge in [-0.2, -0.15) is 0 Å².